The van der Waals surface area contributed by atoms with Crippen molar-refractivity contribution in [2.45, 2.75) is 46.0 Å². The van der Waals surface area contributed by atoms with Crippen LogP contribution in [0.2, 0.25) is 0 Å². The monoisotopic (exact) mass is 181 g/mol. The van der Waals surface area contributed by atoms with Crippen LogP contribution in [0, 0.1) is 6.92 Å². The first-order chi connectivity index (χ1) is 5.99. The standard InChI is InChI=1S/C10H19N3/c1-6-7-10(3,4)9-8(2)13(5)12-11-9/h6-7H2,1-5H3. The molecular formula is C10H19N3. The van der Waals surface area contributed by atoms with E-state index in [4.69, 9.17) is 0 Å². The Morgan fingerprint density at radius 3 is 2.38 bits per heavy atom. The number of nitrogens with zero attached hydrogens (tertiary/aromatic N) is 3. The van der Waals surface area contributed by atoms with E-state index in [9.17, 15) is 0 Å². The Morgan fingerprint density at radius 2 is 2.00 bits per heavy atom. The molecule has 1 heterocycles. The van der Waals surface area contributed by atoms with Crippen molar-refractivity contribution < 1.29 is 0 Å². The molecular weight excluding hydrogens is 162 g/mol. The van der Waals surface area contributed by atoms with Crippen molar-refractivity contribution in [2.24, 2.45) is 7.05 Å². The molecule has 0 bridgehead atoms. The average molecular weight is 181 g/mol. The molecule has 0 aliphatic carbocycles. The van der Waals surface area contributed by atoms with Crippen LogP contribution >= 0.6 is 0 Å². The predicted octanol–water partition coefficient (Wildman–Crippen LogP) is 2.20. The Kier molecular flexibility index (Phi) is 2.74. The molecule has 1 aromatic rings. The smallest absolute Gasteiger partial charge is 0.0912 e. The molecule has 0 amide bonds. The Morgan fingerprint density at radius 1 is 1.38 bits per heavy atom. The summed E-state index contributed by atoms with van der Waals surface area (Å²) < 4.78 is 1.84. The largest absolute Gasteiger partial charge is 0.252 e. The first-order valence-electron chi connectivity index (χ1n) is 4.86. The molecule has 0 unspecified atom stereocenters. The van der Waals surface area contributed by atoms with Gasteiger partial charge in [-0.2, -0.15) is 0 Å². The third-order valence-corrected chi connectivity index (χ3v) is 2.62. The number of hydrogen-bond acceptors (Lipinski definition) is 2. The van der Waals surface area contributed by atoms with Gasteiger partial charge in [-0.15, -0.1) is 5.10 Å². The fourth-order valence-corrected chi connectivity index (χ4v) is 1.77. The molecule has 74 valence electrons. The molecule has 0 spiro atoms. The van der Waals surface area contributed by atoms with Gasteiger partial charge < -0.3 is 0 Å². The lowest BCUT2D eigenvalue weighted by Gasteiger charge is -2.21. The van der Waals surface area contributed by atoms with Crippen molar-refractivity contribution >= 4 is 0 Å². The first kappa shape index (κ1) is 10.2. The van der Waals surface area contributed by atoms with Gasteiger partial charge in [0.15, 0.2) is 0 Å². The van der Waals surface area contributed by atoms with Gasteiger partial charge in [0.1, 0.15) is 0 Å². The van der Waals surface area contributed by atoms with E-state index in [-0.39, 0.29) is 5.41 Å². The fraction of sp³-hybridized carbons (Fsp3) is 0.800. The highest BCUT2D eigenvalue weighted by atomic mass is 15.4. The molecule has 0 radical (unpaired) electrons. The van der Waals surface area contributed by atoms with E-state index in [1.807, 2.05) is 11.7 Å². The number of aromatic nitrogens is 3. The molecule has 0 aromatic carbocycles. The van der Waals surface area contributed by atoms with E-state index in [2.05, 4.69) is 38.0 Å². The molecule has 1 rings (SSSR count). The molecule has 0 atom stereocenters. The second-order valence-electron chi connectivity index (χ2n) is 4.28. The van der Waals surface area contributed by atoms with E-state index >= 15 is 0 Å². The molecule has 0 aliphatic heterocycles. The molecule has 13 heavy (non-hydrogen) atoms. The predicted molar refractivity (Wildman–Crippen MR) is 53.7 cm³/mol. The zero-order valence-corrected chi connectivity index (χ0v) is 9.26. The topological polar surface area (TPSA) is 30.7 Å². The van der Waals surface area contributed by atoms with Crippen LogP contribution in [-0.2, 0) is 12.5 Å². The van der Waals surface area contributed by atoms with Crippen molar-refractivity contribution in [2.75, 3.05) is 0 Å². The minimum atomic E-state index is 0.160. The molecule has 3 nitrogen and oxygen atoms in total. The normalized spacial score (nSPS) is 12.1. The maximum Gasteiger partial charge on any atom is 0.0912 e. The molecule has 3 heteroatoms. The maximum absolute atomic E-state index is 4.22. The van der Waals surface area contributed by atoms with Crippen LogP contribution in [0.1, 0.15) is 45.0 Å². The summed E-state index contributed by atoms with van der Waals surface area (Å²) in [7, 11) is 1.94. The summed E-state index contributed by atoms with van der Waals surface area (Å²) in [6, 6.07) is 0. The van der Waals surface area contributed by atoms with E-state index in [0.29, 0.717) is 0 Å². The Hall–Kier alpha value is -0.860. The van der Waals surface area contributed by atoms with Gasteiger partial charge in [0.05, 0.1) is 11.4 Å². The van der Waals surface area contributed by atoms with E-state index in [1.165, 1.54) is 12.1 Å². The van der Waals surface area contributed by atoms with Crippen LogP contribution in [0.15, 0.2) is 0 Å². The number of rotatable bonds is 3. The van der Waals surface area contributed by atoms with Gasteiger partial charge in [-0.05, 0) is 13.3 Å². The quantitative estimate of drug-likeness (QED) is 0.715. The van der Waals surface area contributed by atoms with Crippen LogP contribution < -0.4 is 0 Å². The van der Waals surface area contributed by atoms with Gasteiger partial charge in [0.2, 0.25) is 0 Å². The Labute approximate surface area is 80.1 Å². The van der Waals surface area contributed by atoms with E-state index < -0.39 is 0 Å². The van der Waals surface area contributed by atoms with Gasteiger partial charge in [-0.1, -0.05) is 32.4 Å². The molecule has 0 saturated heterocycles. The Bertz CT molecular complexity index is 286. The van der Waals surface area contributed by atoms with Crippen LogP contribution in [0.3, 0.4) is 0 Å². The molecule has 0 N–H and O–H groups in total. The lowest BCUT2D eigenvalue weighted by molar-refractivity contribution is 0.456. The van der Waals surface area contributed by atoms with Crippen LogP contribution in [0.4, 0.5) is 0 Å². The lowest BCUT2D eigenvalue weighted by Crippen LogP contribution is -2.18. The summed E-state index contributed by atoms with van der Waals surface area (Å²) in [5.41, 5.74) is 2.47. The number of aryl methyl sites for hydroxylation is 1. The highest BCUT2D eigenvalue weighted by Crippen LogP contribution is 2.28. The zero-order valence-electron chi connectivity index (χ0n) is 9.26. The number of hydrogen-bond donors (Lipinski definition) is 0. The highest BCUT2D eigenvalue weighted by Gasteiger charge is 2.25. The molecule has 0 aliphatic rings. The summed E-state index contributed by atoms with van der Waals surface area (Å²) in [4.78, 5) is 0. The van der Waals surface area contributed by atoms with Crippen LogP contribution in [0.25, 0.3) is 0 Å². The summed E-state index contributed by atoms with van der Waals surface area (Å²) in [5.74, 6) is 0. The third-order valence-electron chi connectivity index (χ3n) is 2.62. The molecule has 0 fully saturated rings. The summed E-state index contributed by atoms with van der Waals surface area (Å²) in [6.45, 7) is 8.74. The maximum atomic E-state index is 4.22. The molecule has 1 aromatic heterocycles. The molecule has 0 saturated carbocycles. The summed E-state index contributed by atoms with van der Waals surface area (Å²) >= 11 is 0. The van der Waals surface area contributed by atoms with Crippen molar-refractivity contribution in [1.29, 1.82) is 0 Å². The highest BCUT2D eigenvalue weighted by molar-refractivity contribution is 5.17. The van der Waals surface area contributed by atoms with Crippen LogP contribution in [0.5, 0.6) is 0 Å². The second kappa shape index (κ2) is 3.48. The van der Waals surface area contributed by atoms with Crippen molar-refractivity contribution in [3.8, 4) is 0 Å². The van der Waals surface area contributed by atoms with Gasteiger partial charge in [-0.25, -0.2) is 0 Å². The minimum absolute atomic E-state index is 0.160. The second-order valence-corrected chi connectivity index (χ2v) is 4.28. The third kappa shape index (κ3) is 1.90. The SMILES string of the molecule is CCCC(C)(C)c1nnn(C)c1C. The zero-order chi connectivity index (χ0) is 10.1. The minimum Gasteiger partial charge on any atom is -0.252 e. The van der Waals surface area contributed by atoms with Crippen molar-refractivity contribution in [1.82, 2.24) is 15.0 Å². The first-order valence-corrected chi connectivity index (χ1v) is 4.86. The summed E-state index contributed by atoms with van der Waals surface area (Å²) in [6.07, 6.45) is 2.34. The lowest BCUT2D eigenvalue weighted by atomic mass is 9.84. The van der Waals surface area contributed by atoms with E-state index in [1.54, 1.807) is 0 Å². The fourth-order valence-electron chi connectivity index (χ4n) is 1.77. The summed E-state index contributed by atoms with van der Waals surface area (Å²) in [5, 5.41) is 8.25. The van der Waals surface area contributed by atoms with Gasteiger partial charge in [0.25, 0.3) is 0 Å². The van der Waals surface area contributed by atoms with Crippen molar-refractivity contribution in [3.63, 3.8) is 0 Å². The van der Waals surface area contributed by atoms with Gasteiger partial charge >= 0.3 is 0 Å². The van der Waals surface area contributed by atoms with Crippen molar-refractivity contribution in [3.05, 3.63) is 11.4 Å². The van der Waals surface area contributed by atoms with Crippen LogP contribution in [-0.4, -0.2) is 15.0 Å². The van der Waals surface area contributed by atoms with Gasteiger partial charge in [0, 0.05) is 12.5 Å². The Balaban J connectivity index is 2.99. The average Bonchev–Trinajstić information content (AvgIpc) is 2.33. The van der Waals surface area contributed by atoms with Gasteiger partial charge in [-0.3, -0.25) is 4.68 Å². The van der Waals surface area contributed by atoms with E-state index in [0.717, 1.165) is 12.1 Å².